The quantitative estimate of drug-likeness (QED) is 0.351. The number of ketones is 1. The average molecular weight is 377 g/mol. The number of Topliss-reactive ketones (excluding diaryl/α,β-unsaturated/α-hetero) is 1. The first-order valence-corrected chi connectivity index (χ1v) is 10.0. The minimum atomic E-state index is -0.847. The fraction of sp³-hybridized carbons (Fsp3) is 0.478. The number of hydrogen-bond acceptors (Lipinski definition) is 5. The third-order valence-electron chi connectivity index (χ3n) is 8.27. The van der Waals surface area contributed by atoms with Crippen LogP contribution in [0.25, 0.3) is 0 Å². The number of carbonyl (C=O) groups excluding carboxylic acids is 2. The second-order valence-corrected chi connectivity index (χ2v) is 9.08. The second kappa shape index (κ2) is 4.77. The molecule has 6 aliphatic rings. The molecule has 0 N–H and O–H groups in total. The predicted molar refractivity (Wildman–Crippen MR) is 102 cm³/mol. The smallest absolute Gasteiger partial charge is 0.336 e. The Morgan fingerprint density at radius 3 is 2.96 bits per heavy atom. The summed E-state index contributed by atoms with van der Waals surface area (Å²) in [5, 5.41) is 0. The maximum absolute atomic E-state index is 13.2. The van der Waals surface area contributed by atoms with E-state index in [1.807, 2.05) is 26.0 Å². The highest BCUT2D eigenvalue weighted by Gasteiger charge is 2.88. The Labute approximate surface area is 164 Å². The molecule has 2 aliphatic heterocycles. The van der Waals surface area contributed by atoms with E-state index in [0.29, 0.717) is 29.9 Å². The predicted octanol–water partition coefficient (Wildman–Crippen LogP) is 2.71. The van der Waals surface area contributed by atoms with Crippen LogP contribution in [-0.4, -0.2) is 40.9 Å². The Kier molecular flexibility index (Phi) is 2.82. The van der Waals surface area contributed by atoms with Crippen LogP contribution in [0.3, 0.4) is 0 Å². The minimum absolute atomic E-state index is 0.0197. The molecule has 3 saturated carbocycles. The van der Waals surface area contributed by atoms with Crippen molar-refractivity contribution >= 4 is 11.8 Å². The van der Waals surface area contributed by atoms with Gasteiger partial charge in [-0.25, -0.2) is 4.79 Å². The number of allylic oxidation sites excluding steroid dienone is 3. The SMILES string of the molecule is C/C=C/C=C/C(=O)Oc1ccc2c3c1O[C@@]1(C)C(=O)CC45C[C@]31[C@@H]4[C@@H](C2)N5C. The highest BCUT2D eigenvalue weighted by atomic mass is 16.6. The van der Waals surface area contributed by atoms with Crippen molar-refractivity contribution < 1.29 is 19.1 Å². The number of likely N-dealkylation sites (tertiary alicyclic amines) is 1. The molecule has 4 aliphatic carbocycles. The van der Waals surface area contributed by atoms with Crippen LogP contribution in [0.5, 0.6) is 11.5 Å². The topological polar surface area (TPSA) is 55.8 Å². The average Bonchev–Trinajstić information content (AvgIpc) is 2.94. The summed E-state index contributed by atoms with van der Waals surface area (Å²) >= 11 is 0. The number of hydrogen-bond donors (Lipinski definition) is 0. The molecule has 1 saturated heterocycles. The molecule has 0 radical (unpaired) electrons. The van der Waals surface area contributed by atoms with E-state index in [-0.39, 0.29) is 16.7 Å². The molecule has 2 bridgehead atoms. The lowest BCUT2D eigenvalue weighted by atomic mass is 9.29. The number of fused-ring (bicyclic) bond motifs is 1. The van der Waals surface area contributed by atoms with Crippen molar-refractivity contribution in [3.63, 3.8) is 0 Å². The second-order valence-electron chi connectivity index (χ2n) is 9.08. The fourth-order valence-corrected chi connectivity index (χ4v) is 7.14. The van der Waals surface area contributed by atoms with E-state index in [2.05, 4.69) is 18.0 Å². The molecule has 0 amide bonds. The van der Waals surface area contributed by atoms with Crippen molar-refractivity contribution in [1.29, 1.82) is 0 Å². The van der Waals surface area contributed by atoms with Gasteiger partial charge in [-0.2, -0.15) is 0 Å². The van der Waals surface area contributed by atoms with Crippen LogP contribution in [0.1, 0.15) is 37.8 Å². The minimum Gasteiger partial charge on any atom is -0.475 e. The van der Waals surface area contributed by atoms with Crippen molar-refractivity contribution in [3.8, 4) is 11.5 Å². The van der Waals surface area contributed by atoms with Gasteiger partial charge in [-0.3, -0.25) is 9.69 Å². The molecule has 5 heteroatoms. The summed E-state index contributed by atoms with van der Waals surface area (Å²) < 4.78 is 12.0. The van der Waals surface area contributed by atoms with Gasteiger partial charge < -0.3 is 9.47 Å². The highest BCUT2D eigenvalue weighted by Crippen LogP contribution is 2.80. The molecule has 1 unspecified atom stereocenters. The third kappa shape index (κ3) is 1.47. The van der Waals surface area contributed by atoms with Gasteiger partial charge in [-0.1, -0.05) is 24.3 Å². The van der Waals surface area contributed by atoms with Gasteiger partial charge in [0.25, 0.3) is 0 Å². The van der Waals surface area contributed by atoms with Crippen molar-refractivity contribution in [2.75, 3.05) is 7.05 Å². The van der Waals surface area contributed by atoms with Crippen molar-refractivity contribution in [2.45, 2.75) is 55.7 Å². The molecular weight excluding hydrogens is 354 g/mol. The maximum atomic E-state index is 13.2. The van der Waals surface area contributed by atoms with Crippen LogP contribution in [0, 0.1) is 5.92 Å². The summed E-state index contributed by atoms with van der Waals surface area (Å²) in [6.45, 7) is 3.84. The van der Waals surface area contributed by atoms with Crippen molar-refractivity contribution in [3.05, 3.63) is 47.6 Å². The van der Waals surface area contributed by atoms with Crippen LogP contribution in [-0.2, 0) is 21.4 Å². The van der Waals surface area contributed by atoms with E-state index in [0.717, 1.165) is 18.4 Å². The Morgan fingerprint density at radius 2 is 2.18 bits per heavy atom. The first-order valence-electron chi connectivity index (χ1n) is 10.0. The van der Waals surface area contributed by atoms with Gasteiger partial charge in [0.15, 0.2) is 22.9 Å². The largest absolute Gasteiger partial charge is 0.475 e. The summed E-state index contributed by atoms with van der Waals surface area (Å²) in [4.78, 5) is 27.8. The number of piperidine rings is 1. The number of ether oxygens (including phenoxy) is 2. The number of rotatable bonds is 3. The summed E-state index contributed by atoms with van der Waals surface area (Å²) in [5.41, 5.74) is 1.28. The van der Waals surface area contributed by atoms with E-state index in [1.54, 1.807) is 12.2 Å². The number of carbonyl (C=O) groups is 2. The molecule has 4 fully saturated rings. The van der Waals surface area contributed by atoms with Gasteiger partial charge in [-0.15, -0.1) is 0 Å². The van der Waals surface area contributed by atoms with Gasteiger partial charge in [0.1, 0.15) is 0 Å². The molecule has 1 aromatic carbocycles. The van der Waals surface area contributed by atoms with Crippen LogP contribution in [0.15, 0.2) is 36.4 Å². The molecule has 144 valence electrons. The highest BCUT2D eigenvalue weighted by molar-refractivity contribution is 5.97. The Bertz CT molecular complexity index is 1030. The summed E-state index contributed by atoms with van der Waals surface area (Å²) in [7, 11) is 2.17. The standard InChI is InChI=1S/C23H23NO4/c1-4-5-6-7-17(26)27-15-9-8-13-10-14-20-22(24(14)3)11-16(25)21(2)23(20,12-22)18(13)19(15)28-21/h4-9,14,20H,10-12H2,1-3H3/b5-4+,7-6+/t14-,20-,21+,22?,23-/m1/s1. The van der Waals surface area contributed by atoms with E-state index in [1.165, 1.54) is 11.6 Å². The third-order valence-corrected chi connectivity index (χ3v) is 8.27. The number of likely N-dealkylation sites (N-methyl/N-ethyl adjacent to an activating group) is 1. The normalized spacial score (nSPS) is 41.5. The first-order chi connectivity index (χ1) is 13.4. The zero-order chi connectivity index (χ0) is 19.5. The zero-order valence-corrected chi connectivity index (χ0v) is 16.3. The zero-order valence-electron chi connectivity index (χ0n) is 16.3. The molecule has 2 spiro atoms. The Balaban J connectivity index is 1.48. The number of esters is 1. The maximum Gasteiger partial charge on any atom is 0.336 e. The lowest BCUT2D eigenvalue weighted by Gasteiger charge is -2.83. The number of nitrogens with zero attached hydrogens (tertiary/aromatic N) is 1. The van der Waals surface area contributed by atoms with Gasteiger partial charge in [-0.05, 0) is 45.4 Å². The van der Waals surface area contributed by atoms with Crippen LogP contribution in [0.2, 0.25) is 0 Å². The molecule has 28 heavy (non-hydrogen) atoms. The van der Waals surface area contributed by atoms with Gasteiger partial charge in [0, 0.05) is 35.6 Å². The van der Waals surface area contributed by atoms with E-state index >= 15 is 0 Å². The molecule has 7 rings (SSSR count). The van der Waals surface area contributed by atoms with Crippen LogP contribution < -0.4 is 9.47 Å². The summed E-state index contributed by atoms with van der Waals surface area (Å²) in [5.74, 6) is 1.23. The molecule has 5 nitrogen and oxygen atoms in total. The molecule has 5 atom stereocenters. The van der Waals surface area contributed by atoms with Crippen LogP contribution in [0.4, 0.5) is 0 Å². The van der Waals surface area contributed by atoms with Crippen LogP contribution >= 0.6 is 0 Å². The van der Waals surface area contributed by atoms with E-state index in [9.17, 15) is 9.59 Å². The Hall–Kier alpha value is -2.40. The molecular formula is C23H23NO4. The van der Waals surface area contributed by atoms with E-state index in [4.69, 9.17) is 9.47 Å². The lowest BCUT2D eigenvalue weighted by molar-refractivity contribution is -0.295. The van der Waals surface area contributed by atoms with Crippen molar-refractivity contribution in [1.82, 2.24) is 4.90 Å². The van der Waals surface area contributed by atoms with E-state index < -0.39 is 11.6 Å². The Morgan fingerprint density at radius 1 is 1.36 bits per heavy atom. The monoisotopic (exact) mass is 377 g/mol. The van der Waals surface area contributed by atoms with Crippen molar-refractivity contribution in [2.24, 2.45) is 5.92 Å². The molecule has 2 heterocycles. The lowest BCUT2D eigenvalue weighted by Crippen LogP contribution is -2.94. The molecule has 1 aromatic rings. The van der Waals surface area contributed by atoms with Gasteiger partial charge in [0.05, 0.1) is 5.41 Å². The number of benzene rings is 1. The summed E-state index contributed by atoms with van der Waals surface area (Å²) in [6, 6.07) is 4.35. The van der Waals surface area contributed by atoms with Gasteiger partial charge in [0.2, 0.25) is 0 Å². The fourth-order valence-electron chi connectivity index (χ4n) is 7.14. The first kappa shape index (κ1) is 16.5. The van der Waals surface area contributed by atoms with Gasteiger partial charge >= 0.3 is 5.97 Å². The molecule has 0 aromatic heterocycles. The summed E-state index contributed by atoms with van der Waals surface area (Å²) in [6.07, 6.45) is 9.15.